The number of aromatic nitrogens is 2. The number of hydrogen-bond acceptors (Lipinski definition) is 16. The predicted octanol–water partition coefficient (Wildman–Crippen LogP) is 6.51. The first-order valence-corrected chi connectivity index (χ1v) is 17.2. The lowest BCUT2D eigenvalue weighted by Crippen LogP contribution is -2.35. The third-order valence-corrected chi connectivity index (χ3v) is 8.24. The number of carbonyl (C=O) groups excluding carboxylic acids is 2. The highest BCUT2D eigenvalue weighted by Gasteiger charge is 2.29. The number of aliphatic imine (C=N–C) groups is 1. The van der Waals surface area contributed by atoms with Crippen LogP contribution in [0, 0.1) is 5.41 Å². The van der Waals surface area contributed by atoms with Crippen LogP contribution in [0.3, 0.4) is 0 Å². The molecule has 54 heavy (non-hydrogen) atoms. The number of unbranched alkanes of at least 4 members (excludes halogenated alkanes) is 1. The monoisotopic (exact) mass is 775 g/mol. The maximum absolute atomic E-state index is 13.5. The van der Waals surface area contributed by atoms with Gasteiger partial charge in [0.1, 0.15) is 18.5 Å². The second-order valence-corrected chi connectivity index (χ2v) is 13.0. The van der Waals surface area contributed by atoms with Crippen molar-refractivity contribution >= 4 is 43.0 Å². The highest BCUT2D eigenvalue weighted by molar-refractivity contribution is 6.32. The van der Waals surface area contributed by atoms with Crippen molar-refractivity contribution in [3.8, 4) is 11.1 Å². The van der Waals surface area contributed by atoms with Gasteiger partial charge in [-0.05, 0) is 48.1 Å². The Balaban J connectivity index is 1.68. The van der Waals surface area contributed by atoms with Crippen molar-refractivity contribution in [2.45, 2.75) is 78.7 Å². The zero-order valence-electron chi connectivity index (χ0n) is 30.5. The summed E-state index contributed by atoms with van der Waals surface area (Å²) in [4.78, 5) is 43.6. The van der Waals surface area contributed by atoms with E-state index in [-0.39, 0.29) is 36.8 Å². The van der Waals surface area contributed by atoms with Crippen LogP contribution in [0.1, 0.15) is 80.8 Å². The number of esters is 1. The standard InChI is InChI=1S/C35H46ClN7O11/c1-7-8-13-29-39-31(36)30(41(29)21-24-14-16-25(17-15-24)27-11-9-10-12-28(27)32(37-5)40-38-6)33(44)52-23(2)53-34(45)50-19-18-35(3,4)20-26(54-43(48)49)22-51-42(46)47/h9-12,14-17,23,26,46-49H,5-8,13,18-22H2,1-4H3/b40-32-. The van der Waals surface area contributed by atoms with E-state index in [1.54, 1.807) is 18.4 Å². The van der Waals surface area contributed by atoms with Crippen molar-refractivity contribution in [3.05, 3.63) is 76.3 Å². The molecule has 0 saturated carbocycles. The largest absolute Gasteiger partial charge is 0.511 e. The Kier molecular flexibility index (Phi) is 17.3. The third kappa shape index (κ3) is 13.7. The van der Waals surface area contributed by atoms with Gasteiger partial charge in [-0.1, -0.05) is 87.3 Å². The van der Waals surface area contributed by atoms with Crippen LogP contribution < -0.4 is 0 Å². The molecule has 0 aliphatic rings. The highest BCUT2D eigenvalue weighted by Crippen LogP contribution is 2.29. The Morgan fingerprint density at radius 2 is 1.74 bits per heavy atom. The molecule has 294 valence electrons. The lowest BCUT2D eigenvalue weighted by molar-refractivity contribution is -0.528. The molecule has 3 aromatic rings. The molecule has 0 radical (unpaired) electrons. The van der Waals surface area contributed by atoms with Gasteiger partial charge in [-0.15, -0.1) is 5.10 Å². The van der Waals surface area contributed by atoms with Gasteiger partial charge in [-0.2, -0.15) is 5.10 Å². The van der Waals surface area contributed by atoms with Gasteiger partial charge in [0.15, 0.2) is 16.7 Å². The van der Waals surface area contributed by atoms with E-state index in [1.165, 1.54) is 6.92 Å². The molecule has 19 heteroatoms. The summed E-state index contributed by atoms with van der Waals surface area (Å²) in [5, 5.41) is 42.0. The molecule has 2 unspecified atom stereocenters. The number of rotatable bonds is 21. The van der Waals surface area contributed by atoms with E-state index in [9.17, 15) is 9.59 Å². The molecule has 3 rings (SSSR count). The Bertz CT molecular complexity index is 1730. The summed E-state index contributed by atoms with van der Waals surface area (Å²) < 4.78 is 17.4. The fourth-order valence-corrected chi connectivity index (χ4v) is 5.71. The zero-order valence-corrected chi connectivity index (χ0v) is 31.3. The van der Waals surface area contributed by atoms with E-state index in [1.807, 2.05) is 55.5 Å². The summed E-state index contributed by atoms with van der Waals surface area (Å²) >= 11 is 6.50. The summed E-state index contributed by atoms with van der Waals surface area (Å²) in [6.07, 6.45) is -0.916. The SMILES string of the molecule is C=N/N=C(\N=C)c1ccccc1-c1ccc(Cn2c(CCCC)nc(Cl)c2C(=O)OC(C)OC(=O)OCCC(C)(C)CC(CON(O)O)ON(O)O)cc1. The van der Waals surface area contributed by atoms with Gasteiger partial charge >= 0.3 is 12.1 Å². The number of amidine groups is 1. The predicted molar refractivity (Wildman–Crippen MR) is 194 cm³/mol. The van der Waals surface area contributed by atoms with E-state index < -0.39 is 47.3 Å². The molecule has 1 heterocycles. The minimum Gasteiger partial charge on any atom is -0.434 e. The summed E-state index contributed by atoms with van der Waals surface area (Å²) in [6, 6.07) is 15.2. The maximum atomic E-state index is 13.5. The van der Waals surface area contributed by atoms with Crippen LogP contribution in [0.15, 0.2) is 63.7 Å². The summed E-state index contributed by atoms with van der Waals surface area (Å²) in [6.45, 7) is 13.6. The van der Waals surface area contributed by atoms with Crippen LogP contribution in [0.5, 0.6) is 0 Å². The van der Waals surface area contributed by atoms with Crippen molar-refractivity contribution < 1.29 is 54.3 Å². The van der Waals surface area contributed by atoms with Crippen LogP contribution in [-0.2, 0) is 36.9 Å². The smallest absolute Gasteiger partial charge is 0.434 e. The molecule has 0 spiro atoms. The van der Waals surface area contributed by atoms with Gasteiger partial charge in [-0.25, -0.2) is 29.2 Å². The first-order chi connectivity index (χ1) is 25.7. The number of aryl methyl sites for hydroxylation is 1. The number of ether oxygens (including phenoxy) is 3. The number of carbonyl (C=O) groups is 2. The molecule has 4 N–H and O–H groups in total. The Labute approximate surface area is 317 Å². The number of hydrogen-bond donors (Lipinski definition) is 4. The summed E-state index contributed by atoms with van der Waals surface area (Å²) in [5.74, 6) is 0.0600. The molecule has 0 fully saturated rings. The zero-order chi connectivity index (χ0) is 39.8. The second kappa shape index (κ2) is 21.3. The molecule has 0 saturated heterocycles. The molecular weight excluding hydrogens is 730 g/mol. The van der Waals surface area contributed by atoms with Crippen molar-refractivity contribution in [2.75, 3.05) is 13.2 Å². The van der Waals surface area contributed by atoms with E-state index in [2.05, 4.69) is 38.5 Å². The lowest BCUT2D eigenvalue weighted by Gasteiger charge is -2.29. The van der Waals surface area contributed by atoms with Crippen LogP contribution in [-0.4, -0.2) is 98.2 Å². The lowest BCUT2D eigenvalue weighted by atomic mass is 9.84. The fourth-order valence-electron chi connectivity index (χ4n) is 5.44. The quantitative estimate of drug-likeness (QED) is 0.0298. The van der Waals surface area contributed by atoms with Gasteiger partial charge in [0.05, 0.1) is 17.4 Å². The van der Waals surface area contributed by atoms with Crippen molar-refractivity contribution in [3.63, 3.8) is 0 Å². The summed E-state index contributed by atoms with van der Waals surface area (Å²) in [7, 11) is 0. The van der Waals surface area contributed by atoms with Crippen molar-refractivity contribution in [1.82, 2.24) is 20.3 Å². The average Bonchev–Trinajstić information content (AvgIpc) is 3.42. The van der Waals surface area contributed by atoms with Crippen LogP contribution in [0.2, 0.25) is 5.15 Å². The van der Waals surface area contributed by atoms with Crippen molar-refractivity contribution in [1.29, 1.82) is 0 Å². The van der Waals surface area contributed by atoms with Crippen molar-refractivity contribution in [2.24, 2.45) is 20.6 Å². The Morgan fingerprint density at radius 1 is 1.04 bits per heavy atom. The number of benzene rings is 2. The number of nitrogens with zero attached hydrogens (tertiary/aromatic N) is 7. The molecule has 2 aromatic carbocycles. The molecule has 18 nitrogen and oxygen atoms in total. The number of halogens is 1. The highest BCUT2D eigenvalue weighted by atomic mass is 35.5. The van der Waals surface area contributed by atoms with Gasteiger partial charge in [0, 0.05) is 32.2 Å². The van der Waals surface area contributed by atoms with E-state index in [4.69, 9.17) is 51.5 Å². The molecule has 0 bridgehead atoms. The van der Waals surface area contributed by atoms with Crippen LogP contribution in [0.25, 0.3) is 11.1 Å². The van der Waals surface area contributed by atoms with Gasteiger partial charge in [-0.3, -0.25) is 20.8 Å². The summed E-state index contributed by atoms with van der Waals surface area (Å²) in [5.41, 5.74) is 2.67. The number of imidazole rings is 1. The minimum absolute atomic E-state index is 0.00631. The first-order valence-electron chi connectivity index (χ1n) is 16.8. The molecule has 0 amide bonds. The van der Waals surface area contributed by atoms with Gasteiger partial charge in [0.2, 0.25) is 6.29 Å². The molecule has 1 aromatic heterocycles. The van der Waals surface area contributed by atoms with E-state index in [0.717, 1.165) is 35.1 Å². The molecule has 0 aliphatic carbocycles. The third-order valence-electron chi connectivity index (χ3n) is 7.97. The van der Waals surface area contributed by atoms with Crippen LogP contribution in [0.4, 0.5) is 4.79 Å². The van der Waals surface area contributed by atoms with E-state index in [0.29, 0.717) is 18.1 Å². The van der Waals surface area contributed by atoms with Crippen LogP contribution >= 0.6 is 11.6 Å². The normalized spacial score (nSPS) is 13.1. The molecular formula is C35H46ClN7O11. The second-order valence-electron chi connectivity index (χ2n) is 12.7. The average molecular weight is 776 g/mol. The topological polar surface area (TPSA) is 223 Å². The van der Waals surface area contributed by atoms with Gasteiger partial charge < -0.3 is 18.8 Å². The molecule has 0 aliphatic heterocycles. The van der Waals surface area contributed by atoms with E-state index >= 15 is 0 Å². The Morgan fingerprint density at radius 3 is 2.37 bits per heavy atom. The minimum atomic E-state index is -1.36. The first kappa shape index (κ1) is 43.8. The molecule has 2 atom stereocenters. The maximum Gasteiger partial charge on any atom is 0.511 e. The fraction of sp³-hybridized carbons (Fsp3) is 0.429. The van der Waals surface area contributed by atoms with Gasteiger partial charge in [0.25, 0.3) is 0 Å². The Hall–Kier alpha value is -4.63.